The summed E-state index contributed by atoms with van der Waals surface area (Å²) >= 11 is 5.63. The van der Waals surface area contributed by atoms with Gasteiger partial charge in [-0.15, -0.1) is 0 Å². The quantitative estimate of drug-likeness (QED) is 0.855. The molecule has 0 bridgehead atoms. The number of rotatable bonds is 5. The molecule has 1 aromatic heterocycles. The second kappa shape index (κ2) is 7.17. The van der Waals surface area contributed by atoms with Crippen LogP contribution in [0.2, 0.25) is 5.02 Å². The minimum atomic E-state index is -0.598. The number of aryl methyl sites for hydroxylation is 1. The number of hydrogen-bond acceptors (Lipinski definition) is 5. The summed E-state index contributed by atoms with van der Waals surface area (Å²) in [5.41, 5.74) is 0.848. The van der Waals surface area contributed by atoms with Crippen molar-refractivity contribution in [3.8, 4) is 17.3 Å². The molecule has 22 heavy (non-hydrogen) atoms. The van der Waals surface area contributed by atoms with E-state index in [1.807, 2.05) is 0 Å². The third-order valence-electron chi connectivity index (χ3n) is 2.83. The molecule has 0 aliphatic heterocycles. The fourth-order valence-electron chi connectivity index (χ4n) is 1.84. The Bertz CT molecular complexity index is 694. The van der Waals surface area contributed by atoms with Gasteiger partial charge in [-0.2, -0.15) is 4.98 Å². The summed E-state index contributed by atoms with van der Waals surface area (Å²) < 4.78 is 18.3. The topological polar surface area (TPSA) is 72.3 Å². The molecule has 0 aliphatic carbocycles. The molecule has 116 valence electrons. The summed E-state index contributed by atoms with van der Waals surface area (Å²) in [5.74, 6) is -1.03. The van der Waals surface area contributed by atoms with Gasteiger partial charge in [0.05, 0.1) is 18.1 Å². The molecular formula is C15H14ClFN2O3. The minimum Gasteiger partial charge on any atom is -0.493 e. The van der Waals surface area contributed by atoms with E-state index in [4.69, 9.17) is 16.3 Å². The summed E-state index contributed by atoms with van der Waals surface area (Å²) in [7, 11) is 0. The van der Waals surface area contributed by atoms with Gasteiger partial charge in [0, 0.05) is 23.7 Å². The van der Waals surface area contributed by atoms with E-state index in [9.17, 15) is 14.3 Å². The van der Waals surface area contributed by atoms with Gasteiger partial charge in [-0.3, -0.25) is 4.79 Å². The maximum Gasteiger partial charge on any atom is 0.306 e. The van der Waals surface area contributed by atoms with Crippen molar-refractivity contribution in [3.05, 3.63) is 40.8 Å². The molecule has 0 fully saturated rings. The first-order valence-corrected chi connectivity index (χ1v) is 7.05. The lowest BCUT2D eigenvalue weighted by Crippen LogP contribution is -2.06. The Hall–Kier alpha value is -2.21. The molecule has 0 spiro atoms. The zero-order chi connectivity index (χ0) is 16.1. The van der Waals surface area contributed by atoms with Crippen LogP contribution in [0.3, 0.4) is 0 Å². The molecule has 7 heteroatoms. The zero-order valence-corrected chi connectivity index (χ0v) is 12.6. The van der Waals surface area contributed by atoms with Crippen molar-refractivity contribution in [1.82, 2.24) is 9.97 Å². The van der Waals surface area contributed by atoms with Crippen molar-refractivity contribution in [2.75, 3.05) is 6.61 Å². The summed E-state index contributed by atoms with van der Waals surface area (Å²) in [4.78, 5) is 19.4. The van der Waals surface area contributed by atoms with Crippen LogP contribution < -0.4 is 0 Å². The Balaban J connectivity index is 2.22. The van der Waals surface area contributed by atoms with Crippen LogP contribution in [-0.2, 0) is 16.0 Å². The number of halogens is 2. The first kappa shape index (κ1) is 16.2. The van der Waals surface area contributed by atoms with Crippen molar-refractivity contribution >= 4 is 17.6 Å². The fourth-order valence-corrected chi connectivity index (χ4v) is 1.96. The molecule has 0 atom stereocenters. The van der Waals surface area contributed by atoms with E-state index in [-0.39, 0.29) is 35.5 Å². The van der Waals surface area contributed by atoms with Crippen molar-refractivity contribution in [2.24, 2.45) is 0 Å². The zero-order valence-electron chi connectivity index (χ0n) is 11.8. The average Bonchev–Trinajstić information content (AvgIpc) is 2.48. The van der Waals surface area contributed by atoms with Gasteiger partial charge in [0.1, 0.15) is 5.82 Å². The second-order valence-corrected chi connectivity index (χ2v) is 4.88. The summed E-state index contributed by atoms with van der Waals surface area (Å²) in [6, 6.07) is 5.48. The second-order valence-electron chi connectivity index (χ2n) is 4.47. The highest BCUT2D eigenvalue weighted by molar-refractivity contribution is 6.30. The van der Waals surface area contributed by atoms with Gasteiger partial charge in [-0.25, -0.2) is 9.37 Å². The molecule has 0 radical (unpaired) electrons. The van der Waals surface area contributed by atoms with Crippen LogP contribution in [0.4, 0.5) is 4.39 Å². The van der Waals surface area contributed by atoms with E-state index in [2.05, 4.69) is 9.97 Å². The van der Waals surface area contributed by atoms with Gasteiger partial charge in [0.25, 0.3) is 0 Å². The first-order valence-electron chi connectivity index (χ1n) is 6.67. The van der Waals surface area contributed by atoms with Crippen LogP contribution in [0.5, 0.6) is 5.88 Å². The Morgan fingerprint density at radius 1 is 1.36 bits per heavy atom. The van der Waals surface area contributed by atoms with Crippen molar-refractivity contribution in [1.29, 1.82) is 0 Å². The molecule has 0 unspecified atom stereocenters. The van der Waals surface area contributed by atoms with Crippen molar-refractivity contribution in [3.63, 3.8) is 0 Å². The molecule has 5 nitrogen and oxygen atoms in total. The van der Waals surface area contributed by atoms with E-state index in [1.54, 1.807) is 13.0 Å². The molecule has 0 saturated carbocycles. The van der Waals surface area contributed by atoms with Crippen molar-refractivity contribution < 1.29 is 19.0 Å². The highest BCUT2D eigenvalue weighted by Gasteiger charge is 2.11. The normalized spacial score (nSPS) is 10.5. The molecule has 1 aromatic carbocycles. The van der Waals surface area contributed by atoms with Gasteiger partial charge in [-0.05, 0) is 25.1 Å². The van der Waals surface area contributed by atoms with E-state index in [0.29, 0.717) is 17.9 Å². The van der Waals surface area contributed by atoms with Crippen LogP contribution in [-0.4, -0.2) is 27.7 Å². The molecule has 1 heterocycles. The summed E-state index contributed by atoms with van der Waals surface area (Å²) in [6.07, 6.45) is 0.427. The van der Waals surface area contributed by atoms with Gasteiger partial charge in [0.2, 0.25) is 5.88 Å². The predicted molar refractivity (Wildman–Crippen MR) is 79.1 cm³/mol. The molecular weight excluding hydrogens is 311 g/mol. The average molecular weight is 325 g/mol. The number of esters is 1. The molecule has 1 N–H and O–H groups in total. The number of benzene rings is 1. The van der Waals surface area contributed by atoms with Gasteiger partial charge in [0.15, 0.2) is 5.82 Å². The standard InChI is InChI=1S/C15H14ClFN2O3/c1-2-22-14(21)6-4-10-8-13(20)19-15(18-10)9-3-5-11(16)12(17)7-9/h3,5,7-8H,2,4,6H2,1H3,(H,18,19,20). The predicted octanol–water partition coefficient (Wildman–Crippen LogP) is 3.14. The number of carbonyl (C=O) groups is 1. The Kier molecular flexibility index (Phi) is 5.27. The highest BCUT2D eigenvalue weighted by atomic mass is 35.5. The lowest BCUT2D eigenvalue weighted by Gasteiger charge is -2.06. The molecule has 0 saturated heterocycles. The third-order valence-corrected chi connectivity index (χ3v) is 3.14. The molecule has 2 rings (SSSR count). The maximum absolute atomic E-state index is 13.5. The fraction of sp³-hybridized carbons (Fsp3) is 0.267. The van der Waals surface area contributed by atoms with Crippen molar-refractivity contribution in [2.45, 2.75) is 19.8 Å². The van der Waals surface area contributed by atoms with Crippen LogP contribution in [0, 0.1) is 5.82 Å². The molecule has 0 aliphatic rings. The smallest absolute Gasteiger partial charge is 0.306 e. The van der Waals surface area contributed by atoms with Crippen LogP contribution in [0.1, 0.15) is 19.0 Å². The summed E-state index contributed by atoms with van der Waals surface area (Å²) in [6.45, 7) is 2.03. The number of nitrogens with zero attached hydrogens (tertiary/aromatic N) is 2. The van der Waals surface area contributed by atoms with Gasteiger partial charge >= 0.3 is 5.97 Å². The number of aromatic nitrogens is 2. The van der Waals surface area contributed by atoms with Crippen LogP contribution >= 0.6 is 11.6 Å². The van der Waals surface area contributed by atoms with Gasteiger partial charge < -0.3 is 9.84 Å². The van der Waals surface area contributed by atoms with Crippen LogP contribution in [0.15, 0.2) is 24.3 Å². The number of ether oxygens (including phenoxy) is 1. The Morgan fingerprint density at radius 3 is 2.82 bits per heavy atom. The largest absolute Gasteiger partial charge is 0.493 e. The number of carbonyl (C=O) groups excluding carboxylic acids is 1. The number of aromatic hydroxyl groups is 1. The Morgan fingerprint density at radius 2 is 2.14 bits per heavy atom. The molecule has 2 aromatic rings. The first-order chi connectivity index (χ1) is 10.5. The lowest BCUT2D eigenvalue weighted by molar-refractivity contribution is -0.143. The van der Waals surface area contributed by atoms with E-state index in [0.717, 1.165) is 0 Å². The lowest BCUT2D eigenvalue weighted by atomic mass is 10.2. The van der Waals surface area contributed by atoms with Crippen LogP contribution in [0.25, 0.3) is 11.4 Å². The number of hydrogen-bond donors (Lipinski definition) is 1. The SMILES string of the molecule is CCOC(=O)CCc1cc(O)nc(-c2ccc(Cl)c(F)c2)n1. The van der Waals surface area contributed by atoms with E-state index >= 15 is 0 Å². The molecule has 0 amide bonds. The third kappa shape index (κ3) is 4.14. The monoisotopic (exact) mass is 324 g/mol. The van der Waals surface area contributed by atoms with Gasteiger partial charge in [-0.1, -0.05) is 11.6 Å². The Labute approximate surface area is 131 Å². The maximum atomic E-state index is 13.5. The highest BCUT2D eigenvalue weighted by Crippen LogP contribution is 2.23. The van der Waals surface area contributed by atoms with E-state index in [1.165, 1.54) is 18.2 Å². The van der Waals surface area contributed by atoms with E-state index < -0.39 is 5.82 Å². The minimum absolute atomic E-state index is 0.00793. The summed E-state index contributed by atoms with van der Waals surface area (Å²) in [5, 5.41) is 9.65.